The molecule has 5 heteroatoms. The van der Waals surface area contributed by atoms with E-state index in [1.165, 1.54) is 6.42 Å². The Morgan fingerprint density at radius 3 is 2.13 bits per heavy atom. The molecular weight excluding hydrogens is 290 g/mol. The molecule has 1 aliphatic carbocycles. The third-order valence-corrected chi connectivity index (χ3v) is 6.02. The van der Waals surface area contributed by atoms with Crippen LogP contribution in [0.3, 0.4) is 0 Å². The van der Waals surface area contributed by atoms with Gasteiger partial charge in [-0.2, -0.15) is 0 Å². The van der Waals surface area contributed by atoms with E-state index >= 15 is 0 Å². The van der Waals surface area contributed by atoms with Crippen LogP contribution in [0.15, 0.2) is 0 Å². The molecule has 130 valence electrons. The zero-order valence-corrected chi connectivity index (χ0v) is 14.2. The van der Waals surface area contributed by atoms with Gasteiger partial charge in [0, 0.05) is 44.6 Å². The molecule has 2 N–H and O–H groups in total. The lowest BCUT2D eigenvalue weighted by atomic mass is 9.93. The number of nitrogens with two attached hydrogens (primary N) is 1. The van der Waals surface area contributed by atoms with Gasteiger partial charge in [0.2, 0.25) is 11.8 Å². The van der Waals surface area contributed by atoms with E-state index in [1.807, 2.05) is 9.80 Å². The van der Waals surface area contributed by atoms with E-state index in [9.17, 15) is 9.59 Å². The van der Waals surface area contributed by atoms with Gasteiger partial charge < -0.3 is 15.5 Å². The number of piperidine rings is 2. The van der Waals surface area contributed by atoms with Crippen molar-refractivity contribution in [1.82, 2.24) is 9.80 Å². The van der Waals surface area contributed by atoms with Gasteiger partial charge in [-0.25, -0.2) is 0 Å². The smallest absolute Gasteiger partial charge is 0.225 e. The highest BCUT2D eigenvalue weighted by atomic mass is 16.2. The first kappa shape index (κ1) is 16.7. The normalized spacial score (nSPS) is 29.8. The van der Waals surface area contributed by atoms with Gasteiger partial charge in [0.15, 0.2) is 0 Å². The van der Waals surface area contributed by atoms with Crippen LogP contribution in [-0.4, -0.2) is 53.8 Å². The van der Waals surface area contributed by atoms with Crippen LogP contribution in [0.4, 0.5) is 0 Å². The maximum absolute atomic E-state index is 12.6. The quantitative estimate of drug-likeness (QED) is 0.861. The molecule has 0 radical (unpaired) electrons. The number of likely N-dealkylation sites (tertiary alicyclic amines) is 2. The summed E-state index contributed by atoms with van der Waals surface area (Å²) in [4.78, 5) is 29.0. The number of rotatable bonds is 3. The van der Waals surface area contributed by atoms with Gasteiger partial charge in [0.05, 0.1) is 0 Å². The highest BCUT2D eigenvalue weighted by Crippen LogP contribution is 2.28. The van der Waals surface area contributed by atoms with Gasteiger partial charge >= 0.3 is 0 Å². The van der Waals surface area contributed by atoms with Gasteiger partial charge in [-0.3, -0.25) is 9.59 Å². The van der Waals surface area contributed by atoms with Crippen LogP contribution in [-0.2, 0) is 9.59 Å². The summed E-state index contributed by atoms with van der Waals surface area (Å²) >= 11 is 0. The lowest BCUT2D eigenvalue weighted by Gasteiger charge is -2.36. The van der Waals surface area contributed by atoms with Gasteiger partial charge in [-0.15, -0.1) is 0 Å². The van der Waals surface area contributed by atoms with Crippen molar-refractivity contribution in [2.75, 3.05) is 26.2 Å². The van der Waals surface area contributed by atoms with Crippen molar-refractivity contribution >= 4 is 11.8 Å². The number of nitrogens with zero attached hydrogens (tertiary/aromatic N) is 2. The number of carbonyl (C=O) groups is 2. The third kappa shape index (κ3) is 4.06. The Labute approximate surface area is 139 Å². The topological polar surface area (TPSA) is 66.6 Å². The van der Waals surface area contributed by atoms with Crippen LogP contribution < -0.4 is 5.73 Å². The van der Waals surface area contributed by atoms with E-state index in [0.717, 1.165) is 71.1 Å². The summed E-state index contributed by atoms with van der Waals surface area (Å²) in [7, 11) is 0. The van der Waals surface area contributed by atoms with Gasteiger partial charge in [-0.1, -0.05) is 6.42 Å². The van der Waals surface area contributed by atoms with Crippen molar-refractivity contribution in [3.63, 3.8) is 0 Å². The highest BCUT2D eigenvalue weighted by molar-refractivity contribution is 5.80. The molecule has 2 amide bonds. The Bertz CT molecular complexity index is 426. The van der Waals surface area contributed by atoms with Crippen molar-refractivity contribution in [1.29, 1.82) is 0 Å². The van der Waals surface area contributed by atoms with E-state index < -0.39 is 0 Å². The second kappa shape index (κ2) is 7.65. The minimum atomic E-state index is 0.130. The molecule has 23 heavy (non-hydrogen) atoms. The molecule has 2 saturated heterocycles. The maximum atomic E-state index is 12.6. The van der Waals surface area contributed by atoms with Gasteiger partial charge in [0.1, 0.15) is 0 Å². The number of carbonyl (C=O) groups excluding carboxylic acids is 2. The van der Waals surface area contributed by atoms with Crippen LogP contribution in [0.2, 0.25) is 0 Å². The molecule has 0 aromatic carbocycles. The van der Waals surface area contributed by atoms with Gasteiger partial charge in [-0.05, 0) is 50.9 Å². The molecule has 5 nitrogen and oxygen atoms in total. The Morgan fingerprint density at radius 1 is 0.826 bits per heavy atom. The first-order valence-electron chi connectivity index (χ1n) is 9.47. The molecule has 1 saturated carbocycles. The van der Waals surface area contributed by atoms with Crippen molar-refractivity contribution in [3.8, 4) is 0 Å². The molecule has 0 aromatic heterocycles. The molecule has 0 aromatic rings. The maximum Gasteiger partial charge on any atom is 0.225 e. The summed E-state index contributed by atoms with van der Waals surface area (Å²) in [6.07, 6.45) is 9.11. The lowest BCUT2D eigenvalue weighted by Crippen LogP contribution is -2.46. The standard InChI is InChI=1S/C18H31N3O2/c19-16-6-4-5-15(16)13-17(22)20-11-7-14(8-12-20)18(23)21-9-2-1-3-10-21/h14-16H,1-13,19H2/t15-,16+/m0/s1. The van der Waals surface area contributed by atoms with Crippen LogP contribution in [0.1, 0.15) is 57.8 Å². The largest absolute Gasteiger partial charge is 0.343 e. The molecule has 2 aliphatic heterocycles. The van der Waals surface area contributed by atoms with Crippen molar-refractivity contribution < 1.29 is 9.59 Å². The van der Waals surface area contributed by atoms with Crippen LogP contribution in [0.25, 0.3) is 0 Å². The average Bonchev–Trinajstić information content (AvgIpc) is 3.00. The first-order chi connectivity index (χ1) is 11.1. The second-order valence-corrected chi connectivity index (χ2v) is 7.60. The Kier molecular flexibility index (Phi) is 5.57. The number of hydrogen-bond donors (Lipinski definition) is 1. The van der Waals surface area contributed by atoms with E-state index in [-0.39, 0.29) is 17.9 Å². The summed E-state index contributed by atoms with van der Waals surface area (Å²) < 4.78 is 0. The summed E-state index contributed by atoms with van der Waals surface area (Å²) in [6.45, 7) is 3.34. The van der Waals surface area contributed by atoms with E-state index in [1.54, 1.807) is 0 Å². The van der Waals surface area contributed by atoms with Gasteiger partial charge in [0.25, 0.3) is 0 Å². The Morgan fingerprint density at radius 2 is 1.52 bits per heavy atom. The number of hydrogen-bond acceptors (Lipinski definition) is 3. The molecule has 3 fully saturated rings. The van der Waals surface area contributed by atoms with Crippen molar-refractivity contribution in [2.45, 2.75) is 63.8 Å². The fourth-order valence-electron chi connectivity index (χ4n) is 4.42. The average molecular weight is 321 g/mol. The molecule has 0 unspecified atom stereocenters. The molecule has 0 spiro atoms. The van der Waals surface area contributed by atoms with Crippen LogP contribution >= 0.6 is 0 Å². The van der Waals surface area contributed by atoms with Crippen LogP contribution in [0.5, 0.6) is 0 Å². The molecule has 3 aliphatic rings. The summed E-state index contributed by atoms with van der Waals surface area (Å²) in [6, 6.07) is 0.206. The fraction of sp³-hybridized carbons (Fsp3) is 0.889. The molecule has 2 atom stereocenters. The molecule has 3 rings (SSSR count). The predicted molar refractivity (Wildman–Crippen MR) is 89.7 cm³/mol. The minimum absolute atomic E-state index is 0.130. The first-order valence-corrected chi connectivity index (χ1v) is 9.47. The monoisotopic (exact) mass is 321 g/mol. The van der Waals surface area contributed by atoms with E-state index in [4.69, 9.17) is 5.73 Å². The number of amides is 2. The summed E-state index contributed by atoms with van der Waals surface area (Å²) in [5, 5.41) is 0. The Balaban J connectivity index is 1.44. The Hall–Kier alpha value is -1.10. The van der Waals surface area contributed by atoms with E-state index in [0.29, 0.717) is 18.2 Å². The zero-order valence-electron chi connectivity index (χ0n) is 14.2. The SMILES string of the molecule is N[C@@H]1CCC[C@H]1CC(=O)N1CCC(C(=O)N2CCCCC2)CC1. The van der Waals surface area contributed by atoms with Crippen molar-refractivity contribution in [2.24, 2.45) is 17.6 Å². The molecular formula is C18H31N3O2. The lowest BCUT2D eigenvalue weighted by molar-refractivity contribution is -0.141. The highest BCUT2D eigenvalue weighted by Gasteiger charge is 2.32. The molecule has 0 bridgehead atoms. The second-order valence-electron chi connectivity index (χ2n) is 7.60. The van der Waals surface area contributed by atoms with Crippen LogP contribution in [0, 0.1) is 11.8 Å². The predicted octanol–water partition coefficient (Wildman–Crippen LogP) is 1.75. The molecule has 2 heterocycles. The minimum Gasteiger partial charge on any atom is -0.343 e. The van der Waals surface area contributed by atoms with Crippen molar-refractivity contribution in [3.05, 3.63) is 0 Å². The van der Waals surface area contributed by atoms with E-state index in [2.05, 4.69) is 0 Å². The fourth-order valence-corrected chi connectivity index (χ4v) is 4.42. The summed E-state index contributed by atoms with van der Waals surface area (Å²) in [5.41, 5.74) is 6.08. The third-order valence-electron chi connectivity index (χ3n) is 6.02. The summed E-state index contributed by atoms with van der Waals surface area (Å²) in [5.74, 6) is 1.08. The zero-order chi connectivity index (χ0) is 16.2.